The lowest BCUT2D eigenvalue weighted by Crippen LogP contribution is -2.39. The predicted octanol–water partition coefficient (Wildman–Crippen LogP) is 4.52. The van der Waals surface area contributed by atoms with Crippen LogP contribution in [0, 0.1) is 5.92 Å². The number of hydrogen-bond donors (Lipinski definition) is 1. The standard InChI is InChI=1S/C16H24BrNO/c1-11-6-4-5-7-16(11)18(3)13-8-9-14(12(2)19)15(17)10-13/h8-12,16,19H,4-7H2,1-3H3/t11?,12-,16?/m1/s1. The summed E-state index contributed by atoms with van der Waals surface area (Å²) in [6.07, 6.45) is 4.90. The molecule has 2 rings (SSSR count). The first kappa shape index (κ1) is 14.9. The molecule has 2 nitrogen and oxygen atoms in total. The predicted molar refractivity (Wildman–Crippen MR) is 84.6 cm³/mol. The van der Waals surface area contributed by atoms with Crippen LogP contribution in [0.2, 0.25) is 0 Å². The monoisotopic (exact) mass is 325 g/mol. The molecule has 0 aromatic heterocycles. The molecule has 1 saturated carbocycles. The van der Waals surface area contributed by atoms with Crippen molar-refractivity contribution >= 4 is 21.6 Å². The highest BCUT2D eigenvalue weighted by molar-refractivity contribution is 9.10. The van der Waals surface area contributed by atoms with Crippen molar-refractivity contribution in [2.75, 3.05) is 11.9 Å². The maximum atomic E-state index is 9.68. The number of nitrogens with zero attached hydrogens (tertiary/aromatic N) is 1. The third kappa shape index (κ3) is 3.32. The Labute approximate surface area is 124 Å². The molecule has 0 heterocycles. The summed E-state index contributed by atoms with van der Waals surface area (Å²) in [5.74, 6) is 0.758. The van der Waals surface area contributed by atoms with Gasteiger partial charge < -0.3 is 10.0 Å². The Morgan fingerprint density at radius 3 is 2.58 bits per heavy atom. The molecule has 2 unspecified atom stereocenters. The van der Waals surface area contributed by atoms with E-state index in [-0.39, 0.29) is 0 Å². The van der Waals surface area contributed by atoms with Crippen LogP contribution in [0.5, 0.6) is 0 Å². The molecule has 3 heteroatoms. The summed E-state index contributed by atoms with van der Waals surface area (Å²) in [6.45, 7) is 4.16. The van der Waals surface area contributed by atoms with Gasteiger partial charge in [-0.3, -0.25) is 0 Å². The average molecular weight is 326 g/mol. The van der Waals surface area contributed by atoms with Crippen LogP contribution in [0.15, 0.2) is 22.7 Å². The summed E-state index contributed by atoms with van der Waals surface area (Å²) in [6, 6.07) is 6.91. The largest absolute Gasteiger partial charge is 0.389 e. The van der Waals surface area contributed by atoms with E-state index in [2.05, 4.69) is 46.9 Å². The zero-order valence-corrected chi connectivity index (χ0v) is 13.7. The Hall–Kier alpha value is -0.540. The van der Waals surface area contributed by atoms with Gasteiger partial charge in [0.2, 0.25) is 0 Å². The molecule has 19 heavy (non-hydrogen) atoms. The van der Waals surface area contributed by atoms with Crippen molar-refractivity contribution in [3.8, 4) is 0 Å². The highest BCUT2D eigenvalue weighted by Gasteiger charge is 2.25. The molecule has 0 aliphatic heterocycles. The van der Waals surface area contributed by atoms with Crippen LogP contribution in [0.25, 0.3) is 0 Å². The highest BCUT2D eigenvalue weighted by atomic mass is 79.9. The smallest absolute Gasteiger partial charge is 0.0772 e. The van der Waals surface area contributed by atoms with Gasteiger partial charge in [0.1, 0.15) is 0 Å². The summed E-state index contributed by atoms with van der Waals surface area (Å²) in [5.41, 5.74) is 2.18. The van der Waals surface area contributed by atoms with E-state index >= 15 is 0 Å². The van der Waals surface area contributed by atoms with Crippen molar-refractivity contribution in [3.63, 3.8) is 0 Å². The van der Waals surface area contributed by atoms with Crippen LogP contribution in [-0.2, 0) is 0 Å². The number of benzene rings is 1. The van der Waals surface area contributed by atoms with Gasteiger partial charge in [0.25, 0.3) is 0 Å². The molecule has 1 N–H and O–H groups in total. The van der Waals surface area contributed by atoms with Crippen LogP contribution in [0.1, 0.15) is 51.2 Å². The molecule has 1 aromatic rings. The third-order valence-electron chi connectivity index (χ3n) is 4.41. The van der Waals surface area contributed by atoms with Gasteiger partial charge in [-0.15, -0.1) is 0 Å². The fraction of sp³-hybridized carbons (Fsp3) is 0.625. The molecule has 1 fully saturated rings. The van der Waals surface area contributed by atoms with Crippen LogP contribution in [-0.4, -0.2) is 18.2 Å². The van der Waals surface area contributed by atoms with Crippen LogP contribution in [0.3, 0.4) is 0 Å². The zero-order valence-electron chi connectivity index (χ0n) is 12.1. The summed E-state index contributed by atoms with van der Waals surface area (Å²) < 4.78 is 0.996. The number of aliphatic hydroxyl groups excluding tert-OH is 1. The molecule has 0 radical (unpaired) electrons. The normalized spacial score (nSPS) is 25.1. The van der Waals surface area contributed by atoms with Gasteiger partial charge in [-0.2, -0.15) is 0 Å². The van der Waals surface area contributed by atoms with E-state index in [1.807, 2.05) is 6.07 Å². The number of halogens is 1. The van der Waals surface area contributed by atoms with Crippen molar-refractivity contribution in [2.45, 2.75) is 51.7 Å². The van der Waals surface area contributed by atoms with E-state index in [0.29, 0.717) is 6.04 Å². The summed E-state index contributed by atoms with van der Waals surface area (Å²) in [7, 11) is 2.19. The van der Waals surface area contributed by atoms with Gasteiger partial charge in [0.05, 0.1) is 6.10 Å². The number of aliphatic hydroxyl groups is 1. The van der Waals surface area contributed by atoms with Crippen molar-refractivity contribution in [3.05, 3.63) is 28.2 Å². The first-order valence-corrected chi connectivity index (χ1v) is 8.00. The Kier molecular flexibility index (Phi) is 4.91. The molecule has 0 spiro atoms. The van der Waals surface area contributed by atoms with E-state index in [0.717, 1.165) is 16.0 Å². The van der Waals surface area contributed by atoms with Crippen LogP contribution < -0.4 is 4.90 Å². The molecular weight excluding hydrogens is 302 g/mol. The minimum atomic E-state index is -0.428. The lowest BCUT2D eigenvalue weighted by atomic mass is 9.85. The Morgan fingerprint density at radius 2 is 2.00 bits per heavy atom. The molecule has 0 amide bonds. The highest BCUT2D eigenvalue weighted by Crippen LogP contribution is 2.33. The van der Waals surface area contributed by atoms with E-state index in [9.17, 15) is 5.11 Å². The second-order valence-electron chi connectivity index (χ2n) is 5.82. The molecule has 1 aromatic carbocycles. The SMILES string of the molecule is CC1CCCCC1N(C)c1ccc([C@@H](C)O)c(Br)c1. The summed E-state index contributed by atoms with van der Waals surface area (Å²) >= 11 is 3.57. The van der Waals surface area contributed by atoms with Gasteiger partial charge in [-0.1, -0.05) is 41.8 Å². The van der Waals surface area contributed by atoms with Gasteiger partial charge in [0, 0.05) is 23.2 Å². The Bertz CT molecular complexity index is 433. The van der Waals surface area contributed by atoms with Gasteiger partial charge in [-0.25, -0.2) is 0 Å². The van der Waals surface area contributed by atoms with Gasteiger partial charge >= 0.3 is 0 Å². The second kappa shape index (κ2) is 6.27. The van der Waals surface area contributed by atoms with Crippen LogP contribution >= 0.6 is 15.9 Å². The topological polar surface area (TPSA) is 23.5 Å². The summed E-state index contributed by atoms with van der Waals surface area (Å²) in [4.78, 5) is 2.40. The molecular formula is C16H24BrNO. The molecule has 3 atom stereocenters. The van der Waals surface area contributed by atoms with Crippen molar-refractivity contribution in [2.24, 2.45) is 5.92 Å². The molecule has 0 saturated heterocycles. The zero-order chi connectivity index (χ0) is 14.0. The lowest BCUT2D eigenvalue weighted by Gasteiger charge is -2.38. The first-order chi connectivity index (χ1) is 9.00. The molecule has 1 aliphatic rings. The molecule has 0 bridgehead atoms. The van der Waals surface area contributed by atoms with E-state index in [1.54, 1.807) is 6.92 Å². The minimum absolute atomic E-state index is 0.428. The fourth-order valence-electron chi connectivity index (χ4n) is 3.14. The van der Waals surface area contributed by atoms with Crippen molar-refractivity contribution in [1.82, 2.24) is 0 Å². The maximum absolute atomic E-state index is 9.68. The fourth-order valence-corrected chi connectivity index (χ4v) is 3.84. The van der Waals surface area contributed by atoms with Gasteiger partial charge in [0.15, 0.2) is 0 Å². The Balaban J connectivity index is 2.19. The quantitative estimate of drug-likeness (QED) is 0.883. The minimum Gasteiger partial charge on any atom is -0.389 e. The van der Waals surface area contributed by atoms with E-state index in [4.69, 9.17) is 0 Å². The van der Waals surface area contributed by atoms with Gasteiger partial charge in [-0.05, 0) is 43.4 Å². The number of anilines is 1. The average Bonchev–Trinajstić information content (AvgIpc) is 2.38. The second-order valence-corrected chi connectivity index (χ2v) is 6.68. The third-order valence-corrected chi connectivity index (χ3v) is 5.09. The van der Waals surface area contributed by atoms with Crippen molar-refractivity contribution < 1.29 is 5.11 Å². The first-order valence-electron chi connectivity index (χ1n) is 7.21. The van der Waals surface area contributed by atoms with Crippen molar-refractivity contribution in [1.29, 1.82) is 0 Å². The van der Waals surface area contributed by atoms with Crippen LogP contribution in [0.4, 0.5) is 5.69 Å². The Morgan fingerprint density at radius 1 is 1.32 bits per heavy atom. The number of rotatable bonds is 3. The lowest BCUT2D eigenvalue weighted by molar-refractivity contribution is 0.198. The number of hydrogen-bond acceptors (Lipinski definition) is 2. The van der Waals surface area contributed by atoms with E-state index < -0.39 is 6.10 Å². The van der Waals surface area contributed by atoms with E-state index in [1.165, 1.54) is 31.4 Å². The molecule has 106 valence electrons. The maximum Gasteiger partial charge on any atom is 0.0772 e. The molecule has 1 aliphatic carbocycles. The summed E-state index contributed by atoms with van der Waals surface area (Å²) in [5, 5.41) is 9.68.